The van der Waals surface area contributed by atoms with Crippen molar-refractivity contribution in [3.8, 4) is 17.2 Å². The highest BCUT2D eigenvalue weighted by Gasteiger charge is 2.19. The van der Waals surface area contributed by atoms with Crippen LogP contribution in [0, 0.1) is 0 Å². The molecule has 0 aliphatic carbocycles. The molecule has 1 aromatic carbocycles. The number of ether oxygens (including phenoxy) is 2. The Bertz CT molecular complexity index is 359. The van der Waals surface area contributed by atoms with E-state index in [1.807, 2.05) is 0 Å². The Kier molecular flexibility index (Phi) is 2.26. The van der Waals surface area contributed by atoms with Crippen molar-refractivity contribution >= 4 is 6.29 Å². The highest BCUT2D eigenvalue weighted by Crippen LogP contribution is 2.42. The SMILES string of the molecule is O=CCCc1ccc2c(c1O)OCO2. The minimum Gasteiger partial charge on any atom is -0.504 e. The molecule has 1 aromatic rings. The Balaban J connectivity index is 2.30. The third-order valence-electron chi connectivity index (χ3n) is 2.13. The van der Waals surface area contributed by atoms with E-state index >= 15 is 0 Å². The molecule has 4 heteroatoms. The smallest absolute Gasteiger partial charge is 0.231 e. The molecule has 1 aliphatic heterocycles. The fourth-order valence-corrected chi connectivity index (χ4v) is 1.41. The van der Waals surface area contributed by atoms with Gasteiger partial charge in [0.25, 0.3) is 0 Å². The first-order valence-electron chi connectivity index (χ1n) is 4.37. The number of phenolic OH excluding ortho intramolecular Hbond substituents is 1. The molecule has 0 saturated heterocycles. The number of fused-ring (bicyclic) bond motifs is 1. The predicted octanol–water partition coefficient (Wildman–Crippen LogP) is 1.25. The van der Waals surface area contributed by atoms with Crippen LogP contribution < -0.4 is 9.47 Å². The van der Waals surface area contributed by atoms with Gasteiger partial charge >= 0.3 is 0 Å². The second-order valence-corrected chi connectivity index (χ2v) is 3.01. The van der Waals surface area contributed by atoms with Crippen LogP contribution in [0.15, 0.2) is 12.1 Å². The van der Waals surface area contributed by atoms with E-state index in [2.05, 4.69) is 0 Å². The second kappa shape index (κ2) is 3.57. The Labute approximate surface area is 81.1 Å². The van der Waals surface area contributed by atoms with E-state index in [1.165, 1.54) is 0 Å². The number of aryl methyl sites for hydroxylation is 1. The van der Waals surface area contributed by atoms with E-state index in [0.29, 0.717) is 29.9 Å². The van der Waals surface area contributed by atoms with E-state index < -0.39 is 0 Å². The highest BCUT2D eigenvalue weighted by atomic mass is 16.7. The summed E-state index contributed by atoms with van der Waals surface area (Å²) in [6.45, 7) is 0.139. The van der Waals surface area contributed by atoms with Crippen LogP contribution in [0.25, 0.3) is 0 Å². The number of rotatable bonds is 3. The van der Waals surface area contributed by atoms with Gasteiger partial charge in [-0.2, -0.15) is 0 Å². The van der Waals surface area contributed by atoms with Crippen molar-refractivity contribution in [3.63, 3.8) is 0 Å². The number of hydrogen-bond acceptors (Lipinski definition) is 4. The zero-order valence-electron chi connectivity index (χ0n) is 7.53. The molecule has 0 amide bonds. The van der Waals surface area contributed by atoms with Crippen LogP contribution in [-0.4, -0.2) is 18.2 Å². The van der Waals surface area contributed by atoms with E-state index in [0.717, 1.165) is 6.29 Å². The average molecular weight is 194 g/mol. The van der Waals surface area contributed by atoms with Gasteiger partial charge in [0.1, 0.15) is 6.29 Å². The number of carbonyl (C=O) groups is 1. The number of aldehydes is 1. The predicted molar refractivity (Wildman–Crippen MR) is 48.6 cm³/mol. The van der Waals surface area contributed by atoms with Gasteiger partial charge in [-0.05, 0) is 18.1 Å². The first kappa shape index (κ1) is 8.87. The molecule has 0 saturated carbocycles. The lowest BCUT2D eigenvalue weighted by molar-refractivity contribution is -0.107. The molecule has 2 rings (SSSR count). The molecular formula is C10H10O4. The number of hydrogen-bond donors (Lipinski definition) is 1. The molecule has 0 bridgehead atoms. The summed E-state index contributed by atoms with van der Waals surface area (Å²) in [5.74, 6) is 1.02. The van der Waals surface area contributed by atoms with E-state index in [4.69, 9.17) is 9.47 Å². The van der Waals surface area contributed by atoms with Gasteiger partial charge in [0.15, 0.2) is 11.5 Å². The van der Waals surface area contributed by atoms with Gasteiger partial charge in [-0.15, -0.1) is 0 Å². The van der Waals surface area contributed by atoms with Crippen LogP contribution >= 0.6 is 0 Å². The van der Waals surface area contributed by atoms with Gasteiger partial charge in [-0.25, -0.2) is 0 Å². The summed E-state index contributed by atoms with van der Waals surface area (Å²) in [6.07, 6.45) is 1.74. The monoisotopic (exact) mass is 194 g/mol. The van der Waals surface area contributed by atoms with Gasteiger partial charge in [0, 0.05) is 6.42 Å². The van der Waals surface area contributed by atoms with Crippen molar-refractivity contribution < 1.29 is 19.4 Å². The highest BCUT2D eigenvalue weighted by molar-refractivity contribution is 5.57. The summed E-state index contributed by atoms with van der Waals surface area (Å²) in [4.78, 5) is 10.2. The van der Waals surface area contributed by atoms with Crippen molar-refractivity contribution in [1.29, 1.82) is 0 Å². The maximum Gasteiger partial charge on any atom is 0.231 e. The lowest BCUT2D eigenvalue weighted by Crippen LogP contribution is -1.93. The average Bonchev–Trinajstić information content (AvgIpc) is 2.66. The number of aromatic hydroxyl groups is 1. The third-order valence-corrected chi connectivity index (χ3v) is 2.13. The molecule has 4 nitrogen and oxygen atoms in total. The van der Waals surface area contributed by atoms with Crippen LogP contribution in [0.4, 0.5) is 0 Å². The zero-order valence-corrected chi connectivity index (χ0v) is 7.53. The van der Waals surface area contributed by atoms with Gasteiger partial charge in [-0.3, -0.25) is 0 Å². The first-order valence-corrected chi connectivity index (χ1v) is 4.37. The molecule has 14 heavy (non-hydrogen) atoms. The van der Waals surface area contributed by atoms with E-state index in [1.54, 1.807) is 12.1 Å². The maximum atomic E-state index is 10.2. The lowest BCUT2D eigenvalue weighted by Gasteiger charge is -2.04. The summed E-state index contributed by atoms with van der Waals surface area (Å²) in [5.41, 5.74) is 0.710. The summed E-state index contributed by atoms with van der Waals surface area (Å²) in [5, 5.41) is 9.72. The minimum atomic E-state index is 0.0850. The van der Waals surface area contributed by atoms with Crippen molar-refractivity contribution in [1.82, 2.24) is 0 Å². The quantitative estimate of drug-likeness (QED) is 0.736. The third kappa shape index (κ3) is 1.39. The van der Waals surface area contributed by atoms with Crippen molar-refractivity contribution in [2.75, 3.05) is 6.79 Å². The van der Waals surface area contributed by atoms with E-state index in [9.17, 15) is 9.90 Å². The van der Waals surface area contributed by atoms with Gasteiger partial charge < -0.3 is 19.4 Å². The first-order chi connectivity index (χ1) is 6.83. The van der Waals surface area contributed by atoms with Crippen LogP contribution in [0.1, 0.15) is 12.0 Å². The summed E-state index contributed by atoms with van der Waals surface area (Å²) < 4.78 is 10.2. The topological polar surface area (TPSA) is 55.8 Å². The summed E-state index contributed by atoms with van der Waals surface area (Å²) >= 11 is 0. The molecule has 74 valence electrons. The zero-order chi connectivity index (χ0) is 9.97. The molecule has 0 fully saturated rings. The number of benzene rings is 1. The molecule has 0 atom stereocenters. The van der Waals surface area contributed by atoms with Crippen LogP contribution in [0.5, 0.6) is 17.2 Å². The molecule has 1 aliphatic rings. The lowest BCUT2D eigenvalue weighted by atomic mass is 10.1. The largest absolute Gasteiger partial charge is 0.504 e. The van der Waals surface area contributed by atoms with Crippen LogP contribution in [0.2, 0.25) is 0 Å². The van der Waals surface area contributed by atoms with Crippen LogP contribution in [0.3, 0.4) is 0 Å². The summed E-state index contributed by atoms with van der Waals surface area (Å²) in [6, 6.07) is 3.48. The molecular weight excluding hydrogens is 184 g/mol. The summed E-state index contributed by atoms with van der Waals surface area (Å²) in [7, 11) is 0. The number of carbonyl (C=O) groups excluding carboxylic acids is 1. The molecule has 0 unspecified atom stereocenters. The van der Waals surface area contributed by atoms with Gasteiger partial charge in [0.2, 0.25) is 12.5 Å². The van der Waals surface area contributed by atoms with Crippen molar-refractivity contribution in [2.45, 2.75) is 12.8 Å². The molecule has 0 radical (unpaired) electrons. The fourth-order valence-electron chi connectivity index (χ4n) is 1.41. The Morgan fingerprint density at radius 1 is 1.43 bits per heavy atom. The number of phenols is 1. The van der Waals surface area contributed by atoms with Crippen molar-refractivity contribution in [3.05, 3.63) is 17.7 Å². The van der Waals surface area contributed by atoms with Gasteiger partial charge in [0.05, 0.1) is 0 Å². The molecule has 1 heterocycles. The van der Waals surface area contributed by atoms with Crippen molar-refractivity contribution in [2.24, 2.45) is 0 Å². The maximum absolute atomic E-state index is 10.2. The van der Waals surface area contributed by atoms with Gasteiger partial charge in [-0.1, -0.05) is 6.07 Å². The molecule has 1 N–H and O–H groups in total. The Morgan fingerprint density at radius 2 is 2.29 bits per heavy atom. The fraction of sp³-hybridized carbons (Fsp3) is 0.300. The normalized spacial score (nSPS) is 12.9. The van der Waals surface area contributed by atoms with Crippen LogP contribution in [-0.2, 0) is 11.2 Å². The Hall–Kier alpha value is -1.71. The van der Waals surface area contributed by atoms with E-state index in [-0.39, 0.29) is 12.5 Å². The molecule has 0 spiro atoms. The minimum absolute atomic E-state index is 0.0850. The standard InChI is InChI=1S/C10H10O4/c11-5-1-2-7-3-4-8-10(9(7)12)14-6-13-8/h3-5,12H,1-2,6H2. The second-order valence-electron chi connectivity index (χ2n) is 3.01. The molecule has 0 aromatic heterocycles. The Morgan fingerprint density at radius 3 is 3.07 bits per heavy atom.